The summed E-state index contributed by atoms with van der Waals surface area (Å²) in [5, 5.41) is 5.47. The van der Waals surface area contributed by atoms with E-state index in [1.807, 2.05) is 0 Å². The molecule has 0 aliphatic rings. The fourth-order valence-electron chi connectivity index (χ4n) is 1.33. The van der Waals surface area contributed by atoms with Gasteiger partial charge in [-0.25, -0.2) is 12.7 Å². The van der Waals surface area contributed by atoms with Crippen LogP contribution in [-0.4, -0.2) is 45.8 Å². The number of likely N-dealkylation sites (N-methyl/N-ethyl adjacent to an activating group) is 1. The molecule has 0 aromatic heterocycles. The molecule has 0 aliphatic carbocycles. The van der Waals surface area contributed by atoms with E-state index in [1.54, 1.807) is 26.1 Å². The van der Waals surface area contributed by atoms with Gasteiger partial charge in [0.2, 0.25) is 15.9 Å². The number of nitrogens with zero attached hydrogens (tertiary/aromatic N) is 1. The van der Waals surface area contributed by atoms with Crippen LogP contribution in [0.4, 0.5) is 5.69 Å². The topological polar surface area (TPSA) is 78.5 Å². The second kappa shape index (κ2) is 6.14. The molecule has 1 unspecified atom stereocenters. The molecule has 7 heteroatoms. The summed E-state index contributed by atoms with van der Waals surface area (Å²) in [4.78, 5) is 11.9. The fraction of sp³-hybridized carbons (Fsp3) is 0.417. The first-order chi connectivity index (χ1) is 8.78. The summed E-state index contributed by atoms with van der Waals surface area (Å²) in [6.45, 7) is 1.72. The molecule has 1 atom stereocenters. The third kappa shape index (κ3) is 3.76. The zero-order valence-corrected chi connectivity index (χ0v) is 12.3. The molecule has 0 aliphatic heterocycles. The highest BCUT2D eigenvalue weighted by Crippen LogP contribution is 2.18. The molecule has 0 bridgehead atoms. The average Bonchev–Trinajstić information content (AvgIpc) is 2.37. The van der Waals surface area contributed by atoms with Gasteiger partial charge in [-0.3, -0.25) is 4.79 Å². The van der Waals surface area contributed by atoms with Crippen LogP contribution in [0.2, 0.25) is 0 Å². The molecule has 0 heterocycles. The largest absolute Gasteiger partial charge is 0.325 e. The molecule has 6 nitrogen and oxygen atoms in total. The van der Waals surface area contributed by atoms with Gasteiger partial charge < -0.3 is 10.6 Å². The zero-order chi connectivity index (χ0) is 14.6. The lowest BCUT2D eigenvalue weighted by Crippen LogP contribution is -2.35. The van der Waals surface area contributed by atoms with E-state index in [0.29, 0.717) is 5.69 Å². The first kappa shape index (κ1) is 15.6. The van der Waals surface area contributed by atoms with E-state index in [0.717, 1.165) is 4.31 Å². The Balaban J connectivity index is 2.99. The highest BCUT2D eigenvalue weighted by molar-refractivity contribution is 7.89. The summed E-state index contributed by atoms with van der Waals surface area (Å²) in [7, 11) is 1.11. The van der Waals surface area contributed by atoms with Gasteiger partial charge in [-0.15, -0.1) is 0 Å². The van der Waals surface area contributed by atoms with Crippen molar-refractivity contribution in [2.45, 2.75) is 17.9 Å². The predicted molar refractivity (Wildman–Crippen MR) is 74.5 cm³/mol. The highest BCUT2D eigenvalue weighted by atomic mass is 32.2. The van der Waals surface area contributed by atoms with Crippen molar-refractivity contribution in [2.24, 2.45) is 0 Å². The van der Waals surface area contributed by atoms with E-state index in [1.165, 1.54) is 26.2 Å². The molecule has 19 heavy (non-hydrogen) atoms. The molecule has 1 amide bonds. The van der Waals surface area contributed by atoms with E-state index in [-0.39, 0.29) is 16.8 Å². The normalized spacial score (nSPS) is 13.3. The Morgan fingerprint density at radius 2 is 1.95 bits per heavy atom. The van der Waals surface area contributed by atoms with Crippen LogP contribution in [0.5, 0.6) is 0 Å². The number of hydrogen-bond donors (Lipinski definition) is 2. The molecule has 1 rings (SSSR count). The van der Waals surface area contributed by atoms with E-state index < -0.39 is 10.0 Å². The van der Waals surface area contributed by atoms with Crippen molar-refractivity contribution in [3.05, 3.63) is 24.3 Å². The van der Waals surface area contributed by atoms with Gasteiger partial charge in [-0.1, -0.05) is 6.07 Å². The summed E-state index contributed by atoms with van der Waals surface area (Å²) in [5.74, 6) is -0.220. The van der Waals surface area contributed by atoms with Crippen molar-refractivity contribution in [2.75, 3.05) is 26.5 Å². The van der Waals surface area contributed by atoms with Gasteiger partial charge in [0.1, 0.15) is 0 Å². The number of rotatable bonds is 5. The first-order valence-electron chi connectivity index (χ1n) is 5.79. The van der Waals surface area contributed by atoms with Gasteiger partial charge in [-0.2, -0.15) is 0 Å². The lowest BCUT2D eigenvalue weighted by atomic mass is 10.3. The van der Waals surface area contributed by atoms with Gasteiger partial charge >= 0.3 is 0 Å². The van der Waals surface area contributed by atoms with E-state index in [2.05, 4.69) is 10.6 Å². The Morgan fingerprint density at radius 3 is 2.47 bits per heavy atom. The highest BCUT2D eigenvalue weighted by Gasteiger charge is 2.18. The van der Waals surface area contributed by atoms with Crippen molar-refractivity contribution in [1.29, 1.82) is 0 Å². The number of sulfonamides is 1. The molecule has 1 aromatic rings. The average molecular weight is 285 g/mol. The molecule has 0 spiro atoms. The fourth-order valence-corrected chi connectivity index (χ4v) is 2.27. The SMILES string of the molecule is CNC(C)C(=O)Nc1cccc(S(=O)(=O)N(C)C)c1. The quantitative estimate of drug-likeness (QED) is 0.825. The Hall–Kier alpha value is -1.44. The number of nitrogens with one attached hydrogen (secondary N) is 2. The third-order valence-electron chi connectivity index (χ3n) is 2.71. The van der Waals surface area contributed by atoms with Gasteiger partial charge in [0.15, 0.2) is 0 Å². The number of carbonyl (C=O) groups excluding carboxylic acids is 1. The van der Waals surface area contributed by atoms with E-state index in [9.17, 15) is 13.2 Å². The molecule has 2 N–H and O–H groups in total. The molecule has 0 saturated heterocycles. The third-order valence-corrected chi connectivity index (χ3v) is 4.52. The summed E-state index contributed by atoms with van der Waals surface area (Å²) < 4.78 is 25.1. The molecular formula is C12H19N3O3S. The molecule has 0 radical (unpaired) electrons. The van der Waals surface area contributed by atoms with Gasteiger partial charge in [0, 0.05) is 19.8 Å². The number of benzene rings is 1. The lowest BCUT2D eigenvalue weighted by molar-refractivity contribution is -0.117. The van der Waals surface area contributed by atoms with Crippen molar-refractivity contribution in [3.63, 3.8) is 0 Å². The predicted octanol–water partition coefficient (Wildman–Crippen LogP) is 0.483. The second-order valence-electron chi connectivity index (χ2n) is 4.31. The number of carbonyl (C=O) groups is 1. The standard InChI is InChI=1S/C12H19N3O3S/c1-9(13-2)12(16)14-10-6-5-7-11(8-10)19(17,18)15(3)4/h5-9,13H,1-4H3,(H,14,16). The molecular weight excluding hydrogens is 266 g/mol. The zero-order valence-electron chi connectivity index (χ0n) is 11.5. The molecule has 0 saturated carbocycles. The summed E-state index contributed by atoms with van der Waals surface area (Å²) in [6, 6.07) is 5.82. The Kier molecular flexibility index (Phi) is 5.04. The maximum atomic E-state index is 12.0. The Labute approximate surface area is 113 Å². The van der Waals surface area contributed by atoms with Crippen molar-refractivity contribution in [1.82, 2.24) is 9.62 Å². The maximum absolute atomic E-state index is 12.0. The second-order valence-corrected chi connectivity index (χ2v) is 6.47. The monoisotopic (exact) mass is 285 g/mol. The Bertz CT molecular complexity index is 555. The molecule has 0 fully saturated rings. The summed E-state index contributed by atoms with van der Waals surface area (Å²) in [6.07, 6.45) is 0. The van der Waals surface area contributed by atoms with Crippen molar-refractivity contribution < 1.29 is 13.2 Å². The van der Waals surface area contributed by atoms with Gasteiger partial charge in [0.25, 0.3) is 0 Å². The summed E-state index contributed by atoms with van der Waals surface area (Å²) in [5.41, 5.74) is 0.454. The maximum Gasteiger partial charge on any atom is 0.242 e. The van der Waals surface area contributed by atoms with Crippen molar-refractivity contribution >= 4 is 21.6 Å². The minimum atomic E-state index is -3.49. The number of hydrogen-bond acceptors (Lipinski definition) is 4. The minimum absolute atomic E-state index is 0.146. The van der Waals surface area contributed by atoms with Crippen LogP contribution in [-0.2, 0) is 14.8 Å². The number of amides is 1. The lowest BCUT2D eigenvalue weighted by Gasteiger charge is -2.14. The molecule has 1 aromatic carbocycles. The van der Waals surface area contributed by atoms with Crippen LogP contribution in [0.25, 0.3) is 0 Å². The number of anilines is 1. The van der Waals surface area contributed by atoms with Crippen LogP contribution in [0.15, 0.2) is 29.2 Å². The Morgan fingerprint density at radius 1 is 1.32 bits per heavy atom. The summed E-state index contributed by atoms with van der Waals surface area (Å²) >= 11 is 0. The van der Waals surface area contributed by atoms with E-state index in [4.69, 9.17) is 0 Å². The van der Waals surface area contributed by atoms with Crippen LogP contribution >= 0.6 is 0 Å². The van der Waals surface area contributed by atoms with Crippen LogP contribution < -0.4 is 10.6 Å². The van der Waals surface area contributed by atoms with Crippen LogP contribution in [0.1, 0.15) is 6.92 Å². The van der Waals surface area contributed by atoms with E-state index >= 15 is 0 Å². The minimum Gasteiger partial charge on any atom is -0.325 e. The van der Waals surface area contributed by atoms with Gasteiger partial charge in [-0.05, 0) is 32.2 Å². The van der Waals surface area contributed by atoms with Crippen molar-refractivity contribution in [3.8, 4) is 0 Å². The van der Waals surface area contributed by atoms with Crippen LogP contribution in [0.3, 0.4) is 0 Å². The van der Waals surface area contributed by atoms with Gasteiger partial charge in [0.05, 0.1) is 10.9 Å². The van der Waals surface area contributed by atoms with Crippen LogP contribution in [0, 0.1) is 0 Å². The molecule has 106 valence electrons. The first-order valence-corrected chi connectivity index (χ1v) is 7.23. The smallest absolute Gasteiger partial charge is 0.242 e.